The highest BCUT2D eigenvalue weighted by molar-refractivity contribution is 7.52. The van der Waals surface area contributed by atoms with Crippen LogP contribution in [0.5, 0.6) is 5.75 Å². The molecule has 6 atom stereocenters. The second-order valence-electron chi connectivity index (χ2n) is 8.28. The smallest absolute Gasteiger partial charge is 0.459 e. The summed E-state index contributed by atoms with van der Waals surface area (Å²) in [5.41, 5.74) is 3.28. The summed E-state index contributed by atoms with van der Waals surface area (Å²) in [6.45, 7) is 0.533. The van der Waals surface area contributed by atoms with Gasteiger partial charge in [0.25, 0.3) is 0 Å². The van der Waals surface area contributed by atoms with Crippen molar-refractivity contribution in [1.29, 1.82) is 0 Å². The molecular weight excluding hydrogens is 524 g/mol. The number of terminal acetylenes is 1. The van der Waals surface area contributed by atoms with E-state index in [4.69, 9.17) is 25.9 Å². The van der Waals surface area contributed by atoms with E-state index in [0.29, 0.717) is 0 Å². The average Bonchev–Trinajstić information content (AvgIpc) is 3.41. The lowest BCUT2D eigenvalue weighted by molar-refractivity contribution is -0.138. The number of anilines is 2. The van der Waals surface area contributed by atoms with E-state index in [-0.39, 0.29) is 28.7 Å². The summed E-state index contributed by atoms with van der Waals surface area (Å²) in [5.74, 6) is 0.839. The molecule has 0 bridgehead atoms. The number of carboxylic acids is 1. The largest absolute Gasteiger partial charge is 0.480 e. The molecule has 1 saturated heterocycles. The second-order valence-corrected chi connectivity index (χ2v) is 9.97. The van der Waals surface area contributed by atoms with Gasteiger partial charge in [-0.05, 0) is 19.1 Å². The Morgan fingerprint density at radius 3 is 2.76 bits per heavy atom. The van der Waals surface area contributed by atoms with Crippen molar-refractivity contribution in [2.24, 2.45) is 0 Å². The quantitative estimate of drug-likeness (QED) is 0.180. The molecule has 16 heteroatoms. The lowest BCUT2D eigenvalue weighted by Crippen LogP contribution is -2.42. The first-order valence-corrected chi connectivity index (χ1v) is 12.7. The number of carboxylic acid groups (broad SMARTS) is 1. The van der Waals surface area contributed by atoms with Crippen LogP contribution in [0.15, 0.2) is 36.7 Å². The van der Waals surface area contributed by atoms with Crippen molar-refractivity contribution in [3.8, 4) is 18.1 Å². The maximum Gasteiger partial charge on any atom is 0.459 e. The molecule has 0 aliphatic carbocycles. The van der Waals surface area contributed by atoms with E-state index in [1.165, 1.54) is 25.4 Å². The van der Waals surface area contributed by atoms with E-state index < -0.39 is 50.5 Å². The van der Waals surface area contributed by atoms with Crippen LogP contribution in [0, 0.1) is 12.3 Å². The third kappa shape index (κ3) is 5.13. The molecule has 202 valence electrons. The van der Waals surface area contributed by atoms with Crippen LogP contribution in [-0.2, 0) is 18.6 Å². The molecule has 2 unspecified atom stereocenters. The minimum atomic E-state index is -4.38. The van der Waals surface area contributed by atoms with E-state index in [0.717, 1.165) is 4.57 Å². The van der Waals surface area contributed by atoms with Crippen molar-refractivity contribution in [3.05, 3.63) is 36.7 Å². The summed E-state index contributed by atoms with van der Waals surface area (Å²) < 4.78 is 47.2. The number of nitrogens with one attached hydrogen (secondary N) is 2. The van der Waals surface area contributed by atoms with Crippen LogP contribution < -0.4 is 20.7 Å². The first-order chi connectivity index (χ1) is 18.0. The van der Waals surface area contributed by atoms with Crippen LogP contribution in [0.3, 0.4) is 0 Å². The van der Waals surface area contributed by atoms with Gasteiger partial charge in [0.2, 0.25) is 11.6 Å². The lowest BCUT2D eigenvalue weighted by atomic mass is 9.97. The molecule has 0 saturated carbocycles. The molecule has 0 radical (unpaired) electrons. The van der Waals surface area contributed by atoms with Gasteiger partial charge in [-0.1, -0.05) is 24.1 Å². The van der Waals surface area contributed by atoms with Crippen LogP contribution >= 0.6 is 7.75 Å². The number of rotatable bonds is 10. The normalized spacial score (nSPS) is 25.4. The van der Waals surface area contributed by atoms with E-state index in [2.05, 4.69) is 25.4 Å². The van der Waals surface area contributed by atoms with Gasteiger partial charge in [0.05, 0.1) is 12.9 Å². The first-order valence-electron chi connectivity index (χ1n) is 11.2. The molecule has 2 aromatic heterocycles. The van der Waals surface area contributed by atoms with Crippen LogP contribution in [0.25, 0.3) is 11.2 Å². The van der Waals surface area contributed by atoms with Crippen molar-refractivity contribution in [2.45, 2.75) is 37.1 Å². The number of fused-ring (bicyclic) bond motifs is 1. The molecule has 6 N–H and O–H groups in total. The number of aromatic nitrogens is 4. The number of para-hydroxylation sites is 1. The fraction of sp³-hybridized carbons (Fsp3) is 0.364. The molecule has 0 amide bonds. The molecule has 1 aliphatic heterocycles. The number of alkyl halides is 1. The molecule has 4 rings (SSSR count). The van der Waals surface area contributed by atoms with Gasteiger partial charge in [0, 0.05) is 7.05 Å². The molecular formula is C22H25FN7O7P. The number of imidazole rings is 1. The Bertz CT molecular complexity index is 1420. The molecule has 38 heavy (non-hydrogen) atoms. The molecule has 0 spiro atoms. The zero-order chi connectivity index (χ0) is 27.7. The van der Waals surface area contributed by atoms with Gasteiger partial charge in [-0.2, -0.15) is 15.1 Å². The number of ether oxygens (including phenoxy) is 1. The fourth-order valence-corrected chi connectivity index (χ4v) is 5.27. The number of carbonyl (C=O) groups is 1. The zero-order valence-corrected chi connectivity index (χ0v) is 21.1. The molecule has 3 aromatic rings. The minimum Gasteiger partial charge on any atom is -0.480 e. The van der Waals surface area contributed by atoms with Crippen molar-refractivity contribution < 1.29 is 37.7 Å². The SMILES string of the molecule is C#C[C@@]1(F)[C@H](O)[C@@H](COP(=O)(NC(C)C(=O)O)Oc2ccccc2)O[C@H]1n1cnc2c(NC)nc(N)nc21. The summed E-state index contributed by atoms with van der Waals surface area (Å²) in [6.07, 6.45) is 1.61. The van der Waals surface area contributed by atoms with Gasteiger partial charge < -0.3 is 30.5 Å². The third-order valence-corrected chi connectivity index (χ3v) is 7.34. The highest BCUT2D eigenvalue weighted by Crippen LogP contribution is 2.48. The Balaban J connectivity index is 1.61. The summed E-state index contributed by atoms with van der Waals surface area (Å²) in [7, 11) is -2.79. The lowest BCUT2D eigenvalue weighted by Gasteiger charge is -2.24. The summed E-state index contributed by atoms with van der Waals surface area (Å²) in [4.78, 5) is 23.6. The van der Waals surface area contributed by atoms with Crippen molar-refractivity contribution in [3.63, 3.8) is 0 Å². The van der Waals surface area contributed by atoms with Crippen LogP contribution in [0.4, 0.5) is 16.2 Å². The Morgan fingerprint density at radius 1 is 1.42 bits per heavy atom. The zero-order valence-electron chi connectivity index (χ0n) is 20.2. The van der Waals surface area contributed by atoms with E-state index >= 15 is 4.39 Å². The molecule has 14 nitrogen and oxygen atoms in total. The van der Waals surface area contributed by atoms with Gasteiger partial charge in [0.1, 0.15) is 24.0 Å². The Hall–Kier alpha value is -3.80. The maximum absolute atomic E-state index is 16.0. The van der Waals surface area contributed by atoms with E-state index in [9.17, 15) is 19.6 Å². The Morgan fingerprint density at radius 2 is 2.13 bits per heavy atom. The third-order valence-electron chi connectivity index (χ3n) is 5.69. The summed E-state index contributed by atoms with van der Waals surface area (Å²) >= 11 is 0. The summed E-state index contributed by atoms with van der Waals surface area (Å²) in [5, 5.41) is 25.1. The molecule has 3 heterocycles. The Kier molecular flexibility index (Phi) is 7.54. The molecule has 1 fully saturated rings. The second kappa shape index (κ2) is 10.5. The number of halogens is 1. The standard InChI is InChI=1S/C22H25FN7O7P/c1-4-22(23)16(31)14(36-20(22)30-11-26-15-17(25-3)27-21(24)28-18(15)30)10-35-38(34,29-12(2)19(32)33)37-13-8-6-5-7-9-13/h1,5-9,11-12,14,16,20,31H,10H2,2-3H3,(H,29,34)(H,32,33)(H3,24,25,27,28)/t12?,14-,16-,20-,22-,38?/m1/s1. The number of aliphatic hydroxyl groups is 1. The predicted octanol–water partition coefficient (Wildman–Crippen LogP) is 1.32. The van der Waals surface area contributed by atoms with Gasteiger partial charge in [-0.15, -0.1) is 6.42 Å². The highest BCUT2D eigenvalue weighted by Gasteiger charge is 2.58. The van der Waals surface area contributed by atoms with Gasteiger partial charge in [0.15, 0.2) is 23.2 Å². The molecule has 1 aliphatic rings. The van der Waals surface area contributed by atoms with Crippen molar-refractivity contribution in [1.82, 2.24) is 24.6 Å². The van der Waals surface area contributed by atoms with Crippen LogP contribution in [0.1, 0.15) is 13.2 Å². The number of hydrogen-bond donors (Lipinski definition) is 5. The van der Waals surface area contributed by atoms with Crippen molar-refractivity contribution in [2.75, 3.05) is 24.7 Å². The number of aliphatic carboxylic acids is 1. The number of hydrogen-bond acceptors (Lipinski definition) is 11. The molecule has 1 aromatic carbocycles. The van der Waals surface area contributed by atoms with Crippen LogP contribution in [-0.4, -0.2) is 73.3 Å². The van der Waals surface area contributed by atoms with E-state index in [1.54, 1.807) is 25.2 Å². The van der Waals surface area contributed by atoms with Gasteiger partial charge in [-0.3, -0.25) is 13.9 Å². The number of aliphatic hydroxyl groups excluding tert-OH is 1. The average molecular weight is 549 g/mol. The predicted molar refractivity (Wildman–Crippen MR) is 133 cm³/mol. The topological polar surface area (TPSA) is 196 Å². The Labute approximate surface area is 215 Å². The first kappa shape index (κ1) is 27.2. The van der Waals surface area contributed by atoms with Gasteiger partial charge >= 0.3 is 13.7 Å². The van der Waals surface area contributed by atoms with E-state index in [1.807, 2.05) is 5.92 Å². The van der Waals surface area contributed by atoms with Gasteiger partial charge in [-0.25, -0.2) is 13.9 Å². The maximum atomic E-state index is 16.0. The number of nitrogens with zero attached hydrogens (tertiary/aromatic N) is 4. The fourth-order valence-electron chi connectivity index (χ4n) is 3.76. The van der Waals surface area contributed by atoms with Crippen molar-refractivity contribution >= 4 is 36.6 Å². The summed E-state index contributed by atoms with van der Waals surface area (Å²) in [6, 6.07) is 6.49. The minimum absolute atomic E-state index is 0.0768. The number of nitrogen functional groups attached to an aromatic ring is 1. The number of benzene rings is 1. The number of nitrogens with two attached hydrogens (primary N) is 1. The monoisotopic (exact) mass is 549 g/mol. The highest BCUT2D eigenvalue weighted by atomic mass is 31.2. The van der Waals surface area contributed by atoms with Crippen LogP contribution in [0.2, 0.25) is 0 Å².